The Bertz CT molecular complexity index is 4860. The lowest BCUT2D eigenvalue weighted by Gasteiger charge is -2.43. The summed E-state index contributed by atoms with van der Waals surface area (Å²) in [7, 11) is 0. The molecule has 12 rings (SSSR count). The summed E-state index contributed by atoms with van der Waals surface area (Å²) >= 11 is 13.6. The molecule has 0 saturated carbocycles. The highest BCUT2D eigenvalue weighted by atomic mass is 35.5. The molecule has 4 atom stereocenters. The maximum Gasteiger partial charge on any atom is 0.485 e. The van der Waals surface area contributed by atoms with E-state index in [0.717, 1.165) is 49.1 Å². The van der Waals surface area contributed by atoms with Crippen molar-refractivity contribution in [3.8, 4) is 45.8 Å². The van der Waals surface area contributed by atoms with Crippen LogP contribution < -0.4 is 23.7 Å². The Morgan fingerprint density at radius 3 is 1.88 bits per heavy atom. The Balaban J connectivity index is 1.23. The third kappa shape index (κ3) is 15.2. The van der Waals surface area contributed by atoms with Gasteiger partial charge in [-0.1, -0.05) is 134 Å². The molecule has 0 saturated heterocycles. The first-order chi connectivity index (χ1) is 49.1. The molecule has 520 valence electrons. The number of alkyl halides is 4. The van der Waals surface area contributed by atoms with E-state index in [1.165, 1.54) is 171 Å². The Hall–Kier alpha value is -10.6. The van der Waals surface area contributed by atoms with Crippen molar-refractivity contribution in [3.63, 3.8) is 0 Å². The Morgan fingerprint density at radius 2 is 1.25 bits per heavy atom. The minimum atomic E-state index is -5.52. The predicted molar refractivity (Wildman–Crippen MR) is 366 cm³/mol. The average Bonchev–Trinajstić information content (AvgIpc) is 0.722. The summed E-state index contributed by atoms with van der Waals surface area (Å²) in [6.07, 6.45) is 2.47. The van der Waals surface area contributed by atoms with Crippen molar-refractivity contribution in [2.45, 2.75) is 80.9 Å². The lowest BCUT2D eigenvalue weighted by Crippen LogP contribution is -2.46. The summed E-state index contributed by atoms with van der Waals surface area (Å²) in [5.74, 6) is -23.5. The molecule has 1 aliphatic heterocycles. The monoisotopic (exact) mass is 1450 g/mol. The number of rotatable bonds is 24. The number of para-hydroxylation sites is 1. The number of aryl methyl sites for hydroxylation is 3. The number of pyridine rings is 4. The van der Waals surface area contributed by atoms with Gasteiger partial charge in [-0.05, 0) is 146 Å². The number of halogens is 12. The number of hydrogen-bond donors (Lipinski definition) is 1. The molecule has 24 heteroatoms. The van der Waals surface area contributed by atoms with E-state index in [1.807, 2.05) is 6.92 Å². The highest BCUT2D eigenvalue weighted by molar-refractivity contribution is 7.99. The predicted octanol–water partition coefficient (Wildman–Crippen LogP) is 22.2. The van der Waals surface area contributed by atoms with Crippen molar-refractivity contribution in [1.29, 1.82) is 0 Å². The number of aliphatic hydroxyl groups is 1. The molecule has 7 aromatic carbocycles. The van der Waals surface area contributed by atoms with Crippen LogP contribution in [0.5, 0.6) is 34.6 Å². The normalized spacial score (nSPS) is 14.5. The van der Waals surface area contributed by atoms with Gasteiger partial charge in [0, 0.05) is 68.8 Å². The number of aliphatic hydroxyl groups excluding tert-OH is 1. The fourth-order valence-corrected chi connectivity index (χ4v) is 13.0. The van der Waals surface area contributed by atoms with Crippen LogP contribution >= 0.6 is 35.0 Å². The number of thioether (sulfide) groups is 1. The largest absolute Gasteiger partial charge is 0.503 e. The van der Waals surface area contributed by atoms with Gasteiger partial charge in [0.05, 0.1) is 22.1 Å². The first kappa shape index (κ1) is 71.3. The van der Waals surface area contributed by atoms with Crippen molar-refractivity contribution >= 4 is 35.0 Å². The van der Waals surface area contributed by atoms with Crippen LogP contribution in [0.3, 0.4) is 0 Å². The zero-order chi connectivity index (χ0) is 72.0. The Kier molecular flexibility index (Phi) is 21.5. The molecular weight excluding hydrogens is 1400 g/mol. The van der Waals surface area contributed by atoms with Crippen molar-refractivity contribution in [1.82, 2.24) is 24.8 Å². The fraction of sp³-hybridized carbons (Fsp3) is 0.154. The van der Waals surface area contributed by atoms with Gasteiger partial charge in [-0.2, -0.15) is 17.6 Å². The molecule has 11 nitrogen and oxygen atoms in total. The third-order valence-electron chi connectivity index (χ3n) is 16.4. The van der Waals surface area contributed by atoms with Crippen LogP contribution in [0.1, 0.15) is 93.8 Å². The lowest BCUT2D eigenvalue weighted by molar-refractivity contribution is -0.247. The minimum Gasteiger partial charge on any atom is -0.503 e. The smallest absolute Gasteiger partial charge is 0.485 e. The number of aromatic nitrogens is 4. The number of ether oxygens (including phenoxy) is 5. The van der Waals surface area contributed by atoms with Crippen molar-refractivity contribution in [2.24, 2.45) is 0 Å². The highest BCUT2D eigenvalue weighted by Crippen LogP contribution is 2.57. The quantitative estimate of drug-likeness (QED) is 0.0155. The molecule has 102 heavy (non-hydrogen) atoms. The second-order valence-electron chi connectivity index (χ2n) is 23.5. The van der Waals surface area contributed by atoms with Crippen LogP contribution in [0.25, 0.3) is 11.1 Å². The Labute approximate surface area is 593 Å². The van der Waals surface area contributed by atoms with E-state index in [-0.39, 0.29) is 54.3 Å². The first-order valence-corrected chi connectivity index (χ1v) is 33.3. The van der Waals surface area contributed by atoms with E-state index in [0.29, 0.717) is 28.9 Å². The molecule has 0 aliphatic carbocycles. The summed E-state index contributed by atoms with van der Waals surface area (Å²) < 4.78 is 203. The van der Waals surface area contributed by atoms with Crippen molar-refractivity contribution < 1.29 is 72.7 Å². The summed E-state index contributed by atoms with van der Waals surface area (Å²) in [4.78, 5) is 18.1. The van der Waals surface area contributed by atoms with E-state index < -0.39 is 133 Å². The second kappa shape index (κ2) is 30.7. The van der Waals surface area contributed by atoms with Gasteiger partial charge in [0.25, 0.3) is 5.88 Å². The SMILES string of the molecule is CCCCCc1ccc(C(F)(Oc2cc(C)cnc2C(Oc2ccccc2)c2c(F)c(F)c(F)c(F)c2F)c2c(-c3cccnc3)cnc(Oc3ccc(Cl)cc3)c2OC2=C(Oc3cc(C)ccc3F)C(c3ccccc3)N(C(F)(F)F)C(C(Sc3ccc(Cl)cc3)c3cccnc3)=C2O)cc1. The number of nitrogens with zero attached hydrogens (tertiary/aromatic N) is 5. The molecule has 0 spiro atoms. The molecule has 0 fully saturated rings. The maximum atomic E-state index is 21.6. The van der Waals surface area contributed by atoms with Gasteiger partial charge in [-0.3, -0.25) is 19.9 Å². The summed E-state index contributed by atoms with van der Waals surface area (Å²) in [6.45, 7) is 5.04. The zero-order valence-electron chi connectivity index (χ0n) is 54.0. The summed E-state index contributed by atoms with van der Waals surface area (Å²) in [6, 6.07) is 40.0. The third-order valence-corrected chi connectivity index (χ3v) is 18.2. The number of hydrogen-bond acceptors (Lipinski definition) is 12. The van der Waals surface area contributed by atoms with E-state index in [2.05, 4.69) is 15.0 Å². The molecular formula is C78H57Cl2F10N5O6S. The van der Waals surface area contributed by atoms with Crippen LogP contribution in [0.4, 0.5) is 43.9 Å². The van der Waals surface area contributed by atoms with E-state index in [9.17, 15) is 5.11 Å². The van der Waals surface area contributed by atoms with Crippen LogP contribution in [0.15, 0.2) is 247 Å². The number of benzene rings is 7. The fourth-order valence-electron chi connectivity index (χ4n) is 11.5. The molecule has 11 aromatic rings. The van der Waals surface area contributed by atoms with Crippen LogP contribution in [-0.2, 0) is 12.3 Å². The average molecular weight is 1450 g/mol. The van der Waals surface area contributed by atoms with Crippen LogP contribution in [0, 0.1) is 48.8 Å². The van der Waals surface area contributed by atoms with Gasteiger partial charge in [-0.25, -0.2) is 31.3 Å². The van der Waals surface area contributed by atoms with Crippen molar-refractivity contribution in [3.05, 3.63) is 337 Å². The molecule has 0 radical (unpaired) electrons. The minimum absolute atomic E-state index is 0.0248. The zero-order valence-corrected chi connectivity index (χ0v) is 56.3. The molecule has 5 heterocycles. The van der Waals surface area contributed by atoms with Gasteiger partial charge in [0.1, 0.15) is 29.0 Å². The van der Waals surface area contributed by atoms with Crippen LogP contribution in [0.2, 0.25) is 10.0 Å². The summed E-state index contributed by atoms with van der Waals surface area (Å²) in [5.41, 5.74) is -3.73. The molecule has 1 aliphatic rings. The first-order valence-electron chi connectivity index (χ1n) is 31.7. The van der Waals surface area contributed by atoms with E-state index in [1.54, 1.807) is 37.3 Å². The molecule has 0 bridgehead atoms. The highest BCUT2D eigenvalue weighted by Gasteiger charge is 2.55. The van der Waals surface area contributed by atoms with Crippen molar-refractivity contribution in [2.75, 3.05) is 0 Å². The van der Waals surface area contributed by atoms with Gasteiger partial charge in [0.2, 0.25) is 17.3 Å². The van der Waals surface area contributed by atoms with E-state index in [4.69, 9.17) is 51.9 Å². The Morgan fingerprint density at radius 1 is 0.608 bits per heavy atom. The van der Waals surface area contributed by atoms with Crippen LogP contribution in [-0.4, -0.2) is 36.2 Å². The lowest BCUT2D eigenvalue weighted by atomic mass is 9.90. The van der Waals surface area contributed by atoms with Gasteiger partial charge >= 0.3 is 12.2 Å². The molecule has 0 amide bonds. The second-order valence-corrected chi connectivity index (χ2v) is 25.5. The van der Waals surface area contributed by atoms with E-state index >= 15 is 43.9 Å². The molecule has 4 aromatic heterocycles. The maximum absolute atomic E-state index is 21.6. The standard InChI is InChI=1S/C78H57Cl2F10N5O6S/c1-4-5-8-15-46-23-25-50(26-24-46)77(87,101-59-39-45(3)40-93-67(59)71(97-53-20-11-7-12-21-53)60-62(82)64(84)66(86)65(85)63(60)83)61-56(48-18-13-36-91-41-48)43-94-76(98-54-31-27-51(79)28-32-54)72(61)100-74-70(96)69(75(49-19-14-37-92-42-49)102-55-33-29-52(80)30-34-55)95(78(88,89)90)68(47-16-9-6-10-17-47)73(74)99-58-38-44(2)22-35-57(58)81/h6-7,9-14,16-43,68,71,75,96H,4-5,8,15H2,1-3H3. The molecule has 1 N–H and O–H groups in total. The topological polar surface area (TPSA) is 121 Å². The molecule has 4 unspecified atom stereocenters. The van der Waals surface area contributed by atoms with Gasteiger partial charge < -0.3 is 28.8 Å². The summed E-state index contributed by atoms with van der Waals surface area (Å²) in [5, 5.41) is 12.6. The van der Waals surface area contributed by atoms with Gasteiger partial charge in [-0.15, -0.1) is 11.8 Å². The number of unbranched alkanes of at least 4 members (excludes halogenated alkanes) is 2. The van der Waals surface area contributed by atoms with Gasteiger partial charge in [0.15, 0.2) is 52.5 Å².